The van der Waals surface area contributed by atoms with Crippen LogP contribution in [0.25, 0.3) is 11.3 Å². The van der Waals surface area contributed by atoms with E-state index in [1.165, 1.54) is 0 Å². The molecule has 0 aliphatic carbocycles. The van der Waals surface area contributed by atoms with Crippen molar-refractivity contribution in [2.75, 3.05) is 39.4 Å². The SMILES string of the molecule is CCOC(=O)[C@H]1CCCN(C(=O)CCN(C[C@H]2CCCO2)C(=O)c2cc(-c3ccccc3Cl)on2)C1. The van der Waals surface area contributed by atoms with Gasteiger partial charge in [-0.15, -0.1) is 0 Å². The van der Waals surface area contributed by atoms with E-state index in [9.17, 15) is 14.4 Å². The summed E-state index contributed by atoms with van der Waals surface area (Å²) >= 11 is 6.26. The molecule has 0 spiro atoms. The van der Waals surface area contributed by atoms with Crippen LogP contribution in [0, 0.1) is 5.92 Å². The van der Waals surface area contributed by atoms with Crippen molar-refractivity contribution in [3.05, 3.63) is 41.0 Å². The summed E-state index contributed by atoms with van der Waals surface area (Å²) in [6.45, 7) is 4.29. The number of carbonyl (C=O) groups is 3. The highest BCUT2D eigenvalue weighted by Gasteiger charge is 2.31. The summed E-state index contributed by atoms with van der Waals surface area (Å²) in [7, 11) is 0. The highest BCUT2D eigenvalue weighted by Crippen LogP contribution is 2.28. The molecule has 2 aromatic rings. The molecule has 9 nitrogen and oxygen atoms in total. The third-order valence-electron chi connectivity index (χ3n) is 6.59. The van der Waals surface area contributed by atoms with E-state index in [1.54, 1.807) is 34.9 Å². The van der Waals surface area contributed by atoms with Crippen LogP contribution in [-0.4, -0.2) is 78.2 Å². The molecule has 0 unspecified atom stereocenters. The van der Waals surface area contributed by atoms with Crippen LogP contribution < -0.4 is 0 Å². The zero-order valence-electron chi connectivity index (χ0n) is 20.5. The van der Waals surface area contributed by atoms with Crippen molar-refractivity contribution in [1.82, 2.24) is 15.0 Å². The number of carbonyl (C=O) groups excluding carboxylic acids is 3. The van der Waals surface area contributed by atoms with E-state index in [0.29, 0.717) is 55.6 Å². The van der Waals surface area contributed by atoms with Gasteiger partial charge in [0.25, 0.3) is 5.91 Å². The summed E-state index contributed by atoms with van der Waals surface area (Å²) in [6.07, 6.45) is 3.32. The number of amides is 2. The Morgan fingerprint density at radius 3 is 2.81 bits per heavy atom. The Morgan fingerprint density at radius 2 is 2.06 bits per heavy atom. The van der Waals surface area contributed by atoms with Gasteiger partial charge in [-0.1, -0.05) is 28.9 Å². The summed E-state index contributed by atoms with van der Waals surface area (Å²) in [5.74, 6) is -0.582. The first-order chi connectivity index (χ1) is 17.5. The number of ether oxygens (including phenoxy) is 2. The maximum atomic E-state index is 13.4. The first-order valence-corrected chi connectivity index (χ1v) is 12.9. The highest BCUT2D eigenvalue weighted by molar-refractivity contribution is 6.33. The van der Waals surface area contributed by atoms with Gasteiger partial charge in [0.05, 0.1) is 23.7 Å². The summed E-state index contributed by atoms with van der Waals surface area (Å²) < 4.78 is 16.3. The summed E-state index contributed by atoms with van der Waals surface area (Å²) in [5.41, 5.74) is 0.795. The lowest BCUT2D eigenvalue weighted by atomic mass is 9.98. The summed E-state index contributed by atoms with van der Waals surface area (Å²) in [5, 5.41) is 4.48. The van der Waals surface area contributed by atoms with E-state index < -0.39 is 0 Å². The normalized spacial score (nSPS) is 19.8. The van der Waals surface area contributed by atoms with E-state index in [4.69, 9.17) is 25.6 Å². The van der Waals surface area contributed by atoms with Crippen LogP contribution in [0.3, 0.4) is 0 Å². The largest absolute Gasteiger partial charge is 0.466 e. The molecule has 2 atom stereocenters. The van der Waals surface area contributed by atoms with Crippen LogP contribution in [0.1, 0.15) is 49.5 Å². The number of hydrogen-bond acceptors (Lipinski definition) is 7. The lowest BCUT2D eigenvalue weighted by Crippen LogP contribution is -2.45. The van der Waals surface area contributed by atoms with E-state index in [1.807, 2.05) is 12.1 Å². The lowest BCUT2D eigenvalue weighted by molar-refractivity contribution is -0.151. The number of nitrogens with zero attached hydrogens (tertiary/aromatic N) is 3. The Kier molecular flexibility index (Phi) is 8.98. The Labute approximate surface area is 215 Å². The minimum absolute atomic E-state index is 0.0813. The molecule has 194 valence electrons. The molecule has 1 aromatic carbocycles. The molecule has 2 saturated heterocycles. The van der Waals surface area contributed by atoms with Crippen molar-refractivity contribution >= 4 is 29.4 Å². The van der Waals surface area contributed by atoms with Crippen molar-refractivity contribution < 1.29 is 28.4 Å². The van der Waals surface area contributed by atoms with Gasteiger partial charge in [-0.3, -0.25) is 14.4 Å². The molecule has 0 radical (unpaired) electrons. The third kappa shape index (κ3) is 6.44. The quantitative estimate of drug-likeness (QED) is 0.466. The number of piperidine rings is 1. The topological polar surface area (TPSA) is 102 Å². The maximum Gasteiger partial charge on any atom is 0.310 e. The number of rotatable bonds is 9. The van der Waals surface area contributed by atoms with Gasteiger partial charge < -0.3 is 23.8 Å². The number of halogens is 1. The predicted molar refractivity (Wildman–Crippen MR) is 132 cm³/mol. The molecular formula is C26H32ClN3O6. The molecule has 2 amide bonds. The molecule has 0 bridgehead atoms. The molecule has 2 aliphatic rings. The van der Waals surface area contributed by atoms with Crippen molar-refractivity contribution in [2.24, 2.45) is 5.92 Å². The summed E-state index contributed by atoms with van der Waals surface area (Å²) in [6, 6.07) is 8.74. The fraction of sp³-hybridized carbons (Fsp3) is 0.538. The van der Waals surface area contributed by atoms with E-state index in [-0.39, 0.29) is 48.5 Å². The van der Waals surface area contributed by atoms with Crippen LogP contribution >= 0.6 is 11.6 Å². The number of hydrogen-bond donors (Lipinski definition) is 0. The minimum Gasteiger partial charge on any atom is -0.466 e. The lowest BCUT2D eigenvalue weighted by Gasteiger charge is -2.32. The molecule has 1 aromatic heterocycles. The van der Waals surface area contributed by atoms with Gasteiger partial charge in [0.15, 0.2) is 11.5 Å². The molecule has 0 N–H and O–H groups in total. The Bertz CT molecular complexity index is 1070. The highest BCUT2D eigenvalue weighted by atomic mass is 35.5. The molecule has 3 heterocycles. The van der Waals surface area contributed by atoms with Crippen LogP contribution in [0.4, 0.5) is 0 Å². The fourth-order valence-corrected chi connectivity index (χ4v) is 4.91. The average molecular weight is 518 g/mol. The second kappa shape index (κ2) is 12.4. The van der Waals surface area contributed by atoms with Crippen molar-refractivity contribution in [1.29, 1.82) is 0 Å². The molecule has 0 saturated carbocycles. The molecule has 2 aliphatic heterocycles. The fourth-order valence-electron chi connectivity index (χ4n) is 4.68. The zero-order valence-corrected chi connectivity index (χ0v) is 21.2. The first kappa shape index (κ1) is 26.2. The monoisotopic (exact) mass is 517 g/mol. The van der Waals surface area contributed by atoms with Crippen molar-refractivity contribution in [2.45, 2.75) is 45.1 Å². The molecule has 10 heteroatoms. The Hall–Kier alpha value is -2.91. The Morgan fingerprint density at radius 1 is 1.22 bits per heavy atom. The van der Waals surface area contributed by atoms with E-state index in [0.717, 1.165) is 19.3 Å². The predicted octanol–water partition coefficient (Wildman–Crippen LogP) is 3.81. The van der Waals surface area contributed by atoms with Gasteiger partial charge in [0, 0.05) is 50.8 Å². The molecule has 2 fully saturated rings. The molecule has 36 heavy (non-hydrogen) atoms. The van der Waals surface area contributed by atoms with Gasteiger partial charge in [0.2, 0.25) is 5.91 Å². The maximum absolute atomic E-state index is 13.4. The van der Waals surface area contributed by atoms with Gasteiger partial charge >= 0.3 is 5.97 Å². The van der Waals surface area contributed by atoms with Crippen LogP contribution in [-0.2, 0) is 19.1 Å². The third-order valence-corrected chi connectivity index (χ3v) is 6.92. The van der Waals surface area contributed by atoms with Crippen molar-refractivity contribution in [3.63, 3.8) is 0 Å². The van der Waals surface area contributed by atoms with Crippen LogP contribution in [0.5, 0.6) is 0 Å². The standard InChI is InChI=1S/C26H32ClN3O6/c1-2-34-26(33)18-7-5-12-29(16-18)24(31)11-13-30(17-19-8-6-14-35-19)25(32)22-15-23(36-28-22)20-9-3-4-10-21(20)27/h3-4,9-10,15,18-19H,2,5-8,11-14,16-17H2,1H3/t18-,19+/m0/s1. The van der Waals surface area contributed by atoms with Gasteiger partial charge in [-0.05, 0) is 44.7 Å². The van der Waals surface area contributed by atoms with Gasteiger partial charge in [-0.25, -0.2) is 0 Å². The Balaban J connectivity index is 1.42. The number of benzene rings is 1. The number of esters is 1. The number of aromatic nitrogens is 1. The molecular weight excluding hydrogens is 486 g/mol. The van der Waals surface area contributed by atoms with E-state index >= 15 is 0 Å². The average Bonchev–Trinajstić information content (AvgIpc) is 3.59. The second-order valence-electron chi connectivity index (χ2n) is 9.12. The van der Waals surface area contributed by atoms with Crippen molar-refractivity contribution in [3.8, 4) is 11.3 Å². The van der Waals surface area contributed by atoms with E-state index in [2.05, 4.69) is 5.16 Å². The van der Waals surface area contributed by atoms with Gasteiger partial charge in [0.1, 0.15) is 0 Å². The smallest absolute Gasteiger partial charge is 0.310 e. The van der Waals surface area contributed by atoms with Crippen LogP contribution in [0.15, 0.2) is 34.9 Å². The van der Waals surface area contributed by atoms with Gasteiger partial charge in [-0.2, -0.15) is 0 Å². The second-order valence-corrected chi connectivity index (χ2v) is 9.53. The first-order valence-electron chi connectivity index (χ1n) is 12.5. The zero-order chi connectivity index (χ0) is 25.5. The minimum atomic E-state index is -0.330. The van der Waals surface area contributed by atoms with Crippen LogP contribution in [0.2, 0.25) is 5.02 Å². The molecule has 4 rings (SSSR count). The number of likely N-dealkylation sites (tertiary alicyclic amines) is 1. The summed E-state index contributed by atoms with van der Waals surface area (Å²) in [4.78, 5) is 41.9.